The van der Waals surface area contributed by atoms with Gasteiger partial charge < -0.3 is 25.4 Å². The Morgan fingerprint density at radius 3 is 2.90 bits per heavy atom. The number of nitrogens with zero attached hydrogens (tertiary/aromatic N) is 3. The minimum absolute atomic E-state index is 0.145. The zero-order valence-corrected chi connectivity index (χ0v) is 18.0. The van der Waals surface area contributed by atoms with Gasteiger partial charge in [-0.25, -0.2) is 9.97 Å². The summed E-state index contributed by atoms with van der Waals surface area (Å²) >= 11 is 6.38. The van der Waals surface area contributed by atoms with Crippen molar-refractivity contribution in [2.24, 2.45) is 11.8 Å². The molecule has 166 valence electrons. The zero-order valence-electron chi connectivity index (χ0n) is 17.3. The van der Waals surface area contributed by atoms with Crippen molar-refractivity contribution in [1.29, 1.82) is 0 Å². The first-order valence-electron chi connectivity index (χ1n) is 10.6. The van der Waals surface area contributed by atoms with Gasteiger partial charge in [-0.3, -0.25) is 9.78 Å². The second-order valence-corrected chi connectivity index (χ2v) is 8.15. The van der Waals surface area contributed by atoms with Crippen LogP contribution in [-0.2, 0) is 14.3 Å². The molecule has 0 saturated carbocycles. The summed E-state index contributed by atoms with van der Waals surface area (Å²) in [7, 11) is 0. The molecule has 0 unspecified atom stereocenters. The highest BCUT2D eigenvalue weighted by Gasteiger charge is 2.21. The Balaban J connectivity index is 1.44. The van der Waals surface area contributed by atoms with Crippen molar-refractivity contribution in [2.45, 2.75) is 12.8 Å². The normalized spacial score (nSPS) is 20.1. The van der Waals surface area contributed by atoms with Gasteiger partial charge in [-0.2, -0.15) is 0 Å². The number of carbonyl (C=O) groups excluding carboxylic acids is 1. The third-order valence-electron chi connectivity index (χ3n) is 5.43. The number of hydrogen-bond acceptors (Lipinski definition) is 8. The smallest absolute Gasteiger partial charge is 0.232 e. The minimum atomic E-state index is -0.277. The minimum Gasteiger partial charge on any atom is -0.381 e. The zero-order chi connectivity index (χ0) is 21.5. The Kier molecular flexibility index (Phi) is 7.63. The Bertz CT molecular complexity index is 885. The average Bonchev–Trinajstić information content (AvgIpc) is 3.10. The summed E-state index contributed by atoms with van der Waals surface area (Å²) in [5.41, 5.74) is 1.27. The van der Waals surface area contributed by atoms with Crippen molar-refractivity contribution in [1.82, 2.24) is 20.3 Å². The molecule has 0 aromatic carbocycles. The van der Waals surface area contributed by atoms with Gasteiger partial charge in [0.2, 0.25) is 5.91 Å². The predicted molar refractivity (Wildman–Crippen MR) is 118 cm³/mol. The predicted octanol–water partition coefficient (Wildman–Crippen LogP) is 2.21. The van der Waals surface area contributed by atoms with Gasteiger partial charge in [0.1, 0.15) is 11.6 Å². The lowest BCUT2D eigenvalue weighted by molar-refractivity contribution is -0.121. The molecule has 1 atom stereocenters. The van der Waals surface area contributed by atoms with Gasteiger partial charge >= 0.3 is 0 Å². The van der Waals surface area contributed by atoms with E-state index in [1.165, 1.54) is 6.20 Å². The van der Waals surface area contributed by atoms with E-state index in [0.717, 1.165) is 39.1 Å². The van der Waals surface area contributed by atoms with Crippen molar-refractivity contribution < 1.29 is 14.3 Å². The molecule has 2 fully saturated rings. The fourth-order valence-corrected chi connectivity index (χ4v) is 3.79. The van der Waals surface area contributed by atoms with Gasteiger partial charge in [-0.15, -0.1) is 0 Å². The maximum atomic E-state index is 12.6. The highest BCUT2D eigenvalue weighted by atomic mass is 35.5. The maximum Gasteiger partial charge on any atom is 0.232 e. The number of amides is 1. The van der Waals surface area contributed by atoms with E-state index in [1.807, 2.05) is 0 Å². The molecule has 9 nitrogen and oxygen atoms in total. The summed E-state index contributed by atoms with van der Waals surface area (Å²) in [6.07, 6.45) is 6.94. The number of anilines is 2. The molecule has 2 aliphatic heterocycles. The molecule has 0 aliphatic carbocycles. The number of carbonyl (C=O) groups is 1. The van der Waals surface area contributed by atoms with E-state index in [9.17, 15) is 4.79 Å². The Morgan fingerprint density at radius 2 is 2.03 bits per heavy atom. The summed E-state index contributed by atoms with van der Waals surface area (Å²) in [4.78, 5) is 25.8. The lowest BCUT2D eigenvalue weighted by Crippen LogP contribution is -2.33. The summed E-state index contributed by atoms with van der Waals surface area (Å²) in [6.45, 7) is 4.73. The third-order valence-corrected chi connectivity index (χ3v) is 5.73. The molecule has 0 bridgehead atoms. The monoisotopic (exact) mass is 446 g/mol. The van der Waals surface area contributed by atoms with E-state index >= 15 is 0 Å². The molecule has 2 aliphatic rings. The Morgan fingerprint density at radius 1 is 1.16 bits per heavy atom. The molecule has 2 saturated heterocycles. The average molecular weight is 447 g/mol. The van der Waals surface area contributed by atoms with Crippen LogP contribution in [-0.4, -0.2) is 66.9 Å². The third kappa shape index (κ3) is 6.10. The second kappa shape index (κ2) is 10.8. The number of pyridine rings is 1. The first kappa shape index (κ1) is 21.9. The fourth-order valence-electron chi connectivity index (χ4n) is 3.59. The van der Waals surface area contributed by atoms with Crippen molar-refractivity contribution in [3.05, 3.63) is 29.7 Å². The SMILES string of the molecule is O=C(Nc1cc(-c2cncc(NCC3CCOCC3)n2)c(Cl)cn1)[C@H]1CNCCOC1. The van der Waals surface area contributed by atoms with Crippen LogP contribution in [0.1, 0.15) is 12.8 Å². The van der Waals surface area contributed by atoms with Gasteiger partial charge in [-0.05, 0) is 24.8 Å². The second-order valence-electron chi connectivity index (χ2n) is 7.74. The molecular weight excluding hydrogens is 420 g/mol. The molecule has 1 amide bonds. The molecule has 2 aromatic rings. The van der Waals surface area contributed by atoms with Crippen LogP contribution in [0.4, 0.5) is 11.6 Å². The highest BCUT2D eigenvalue weighted by molar-refractivity contribution is 6.33. The van der Waals surface area contributed by atoms with Crippen LogP contribution in [0.25, 0.3) is 11.3 Å². The summed E-state index contributed by atoms with van der Waals surface area (Å²) in [5, 5.41) is 9.85. The van der Waals surface area contributed by atoms with Gasteiger partial charge in [0, 0.05) is 44.6 Å². The summed E-state index contributed by atoms with van der Waals surface area (Å²) < 4.78 is 10.9. The van der Waals surface area contributed by atoms with Gasteiger partial charge in [0.15, 0.2) is 0 Å². The van der Waals surface area contributed by atoms with E-state index in [-0.39, 0.29) is 11.8 Å². The highest BCUT2D eigenvalue weighted by Crippen LogP contribution is 2.28. The molecule has 3 N–H and O–H groups in total. The Hall–Kier alpha value is -2.33. The van der Waals surface area contributed by atoms with Crippen LogP contribution in [0, 0.1) is 11.8 Å². The van der Waals surface area contributed by atoms with Crippen LogP contribution in [0.2, 0.25) is 5.02 Å². The standard InChI is InChI=1S/C21H27ClN6O3/c22-17-10-26-19(28-21(29)15-9-23-3-6-31-13-15)7-16(17)18-11-24-12-20(27-18)25-8-14-1-4-30-5-2-14/h7,10-12,14-15,23H,1-6,8-9,13H2,(H,25,27)(H,26,28,29)/t15-/m0/s1. The molecule has 4 rings (SSSR count). The Labute approximate surface area is 186 Å². The summed E-state index contributed by atoms with van der Waals surface area (Å²) in [5.74, 6) is 1.24. The van der Waals surface area contributed by atoms with E-state index in [1.54, 1.807) is 18.5 Å². The topological polar surface area (TPSA) is 110 Å². The fraction of sp³-hybridized carbons (Fsp3) is 0.524. The van der Waals surface area contributed by atoms with Gasteiger partial charge in [0.25, 0.3) is 0 Å². The summed E-state index contributed by atoms with van der Waals surface area (Å²) in [6, 6.07) is 1.72. The lowest BCUT2D eigenvalue weighted by atomic mass is 10.0. The molecule has 31 heavy (non-hydrogen) atoms. The number of nitrogens with one attached hydrogen (secondary N) is 3. The quantitative estimate of drug-likeness (QED) is 0.619. The first-order chi connectivity index (χ1) is 15.2. The van der Waals surface area contributed by atoms with Crippen molar-refractivity contribution >= 4 is 29.1 Å². The maximum absolute atomic E-state index is 12.6. The lowest BCUT2D eigenvalue weighted by Gasteiger charge is -2.22. The van der Waals surface area contributed by atoms with E-state index in [4.69, 9.17) is 21.1 Å². The molecule has 2 aromatic heterocycles. The largest absolute Gasteiger partial charge is 0.381 e. The van der Waals surface area contributed by atoms with Crippen LogP contribution in [0.5, 0.6) is 0 Å². The number of hydrogen-bond donors (Lipinski definition) is 3. The molecule has 0 radical (unpaired) electrons. The molecular formula is C21H27ClN6O3. The molecule has 10 heteroatoms. The van der Waals surface area contributed by atoms with E-state index in [0.29, 0.717) is 53.6 Å². The van der Waals surface area contributed by atoms with Crippen LogP contribution in [0.3, 0.4) is 0 Å². The number of ether oxygens (including phenoxy) is 2. The van der Waals surface area contributed by atoms with E-state index < -0.39 is 0 Å². The molecule has 4 heterocycles. The van der Waals surface area contributed by atoms with Crippen molar-refractivity contribution in [3.63, 3.8) is 0 Å². The van der Waals surface area contributed by atoms with Crippen molar-refractivity contribution in [2.75, 3.05) is 56.7 Å². The van der Waals surface area contributed by atoms with Gasteiger partial charge in [-0.1, -0.05) is 11.6 Å². The number of rotatable bonds is 6. The molecule has 0 spiro atoms. The van der Waals surface area contributed by atoms with Crippen LogP contribution >= 0.6 is 11.6 Å². The number of aromatic nitrogens is 3. The van der Waals surface area contributed by atoms with Crippen LogP contribution in [0.15, 0.2) is 24.7 Å². The van der Waals surface area contributed by atoms with Crippen LogP contribution < -0.4 is 16.0 Å². The first-order valence-corrected chi connectivity index (χ1v) is 11.0. The van der Waals surface area contributed by atoms with Crippen molar-refractivity contribution in [3.8, 4) is 11.3 Å². The number of halogens is 1. The van der Waals surface area contributed by atoms with E-state index in [2.05, 4.69) is 30.9 Å². The van der Waals surface area contributed by atoms with Gasteiger partial charge in [0.05, 0.1) is 42.2 Å².